The number of aromatic nitrogens is 1. The first-order valence-corrected chi connectivity index (χ1v) is 8.23. The molecule has 0 aliphatic carbocycles. The van der Waals surface area contributed by atoms with Crippen LogP contribution in [0.3, 0.4) is 0 Å². The van der Waals surface area contributed by atoms with Crippen LogP contribution in [0.5, 0.6) is 0 Å². The molecular weight excluding hydrogens is 290 g/mol. The number of fused-ring (bicyclic) bond motifs is 1. The lowest BCUT2D eigenvalue weighted by molar-refractivity contribution is -0.133. The number of hydrogen-bond acceptors (Lipinski definition) is 2. The molecule has 1 aromatic heterocycles. The van der Waals surface area contributed by atoms with Gasteiger partial charge in [-0.05, 0) is 30.4 Å². The molecule has 2 amide bonds. The Morgan fingerprint density at radius 2 is 2.00 bits per heavy atom. The van der Waals surface area contributed by atoms with E-state index in [1.165, 1.54) is 0 Å². The van der Waals surface area contributed by atoms with Crippen molar-refractivity contribution in [2.75, 3.05) is 19.6 Å². The molecule has 5 nitrogen and oxygen atoms in total. The average Bonchev–Trinajstić information content (AvgIpc) is 2.96. The fourth-order valence-electron chi connectivity index (χ4n) is 3.06. The van der Waals surface area contributed by atoms with Gasteiger partial charge in [0, 0.05) is 30.2 Å². The van der Waals surface area contributed by atoms with E-state index in [0.717, 1.165) is 42.4 Å². The van der Waals surface area contributed by atoms with Gasteiger partial charge in [0.1, 0.15) is 0 Å². The highest BCUT2D eigenvalue weighted by Crippen LogP contribution is 2.18. The molecule has 1 aliphatic heterocycles. The minimum absolute atomic E-state index is 0.0178. The summed E-state index contributed by atoms with van der Waals surface area (Å²) in [6.07, 6.45) is 4.25. The maximum absolute atomic E-state index is 12.1. The molecule has 23 heavy (non-hydrogen) atoms. The molecule has 0 unspecified atom stereocenters. The van der Waals surface area contributed by atoms with Crippen molar-refractivity contribution < 1.29 is 9.59 Å². The third-order valence-electron chi connectivity index (χ3n) is 4.60. The second kappa shape index (κ2) is 6.86. The molecule has 5 heteroatoms. The SMILES string of the molecule is CC1CCN(C(=O)CNC(=O)Cc2c[nH]c3ccccc23)CC1. The Morgan fingerprint density at radius 1 is 1.26 bits per heavy atom. The van der Waals surface area contributed by atoms with E-state index in [9.17, 15) is 9.59 Å². The van der Waals surface area contributed by atoms with Crippen LogP contribution in [0.2, 0.25) is 0 Å². The fraction of sp³-hybridized carbons (Fsp3) is 0.444. The molecule has 0 radical (unpaired) electrons. The molecule has 0 saturated carbocycles. The average molecular weight is 313 g/mol. The molecular formula is C18H23N3O2. The van der Waals surface area contributed by atoms with Crippen LogP contribution in [0, 0.1) is 5.92 Å². The first kappa shape index (κ1) is 15.6. The van der Waals surface area contributed by atoms with Crippen LogP contribution in [0.25, 0.3) is 10.9 Å². The Labute approximate surface area is 136 Å². The van der Waals surface area contributed by atoms with Crippen molar-refractivity contribution in [3.05, 3.63) is 36.0 Å². The summed E-state index contributed by atoms with van der Waals surface area (Å²) in [5.74, 6) is 0.591. The number of rotatable bonds is 4. The van der Waals surface area contributed by atoms with E-state index in [1.54, 1.807) is 0 Å². The quantitative estimate of drug-likeness (QED) is 0.907. The monoisotopic (exact) mass is 313 g/mol. The van der Waals surface area contributed by atoms with Gasteiger partial charge in [-0.3, -0.25) is 9.59 Å². The van der Waals surface area contributed by atoms with E-state index in [-0.39, 0.29) is 24.8 Å². The predicted octanol–water partition coefficient (Wildman–Crippen LogP) is 2.09. The number of nitrogens with one attached hydrogen (secondary N) is 2. The number of likely N-dealkylation sites (tertiary alicyclic amines) is 1. The molecule has 0 atom stereocenters. The summed E-state index contributed by atoms with van der Waals surface area (Å²) in [4.78, 5) is 29.2. The molecule has 122 valence electrons. The Balaban J connectivity index is 1.51. The standard InChI is InChI=1S/C18H23N3O2/c1-13-6-8-21(9-7-13)18(23)12-20-17(22)10-14-11-19-16-5-3-2-4-15(14)16/h2-5,11,13,19H,6-10,12H2,1H3,(H,20,22). The van der Waals surface area contributed by atoms with Crippen LogP contribution in [-0.4, -0.2) is 41.3 Å². The van der Waals surface area contributed by atoms with E-state index >= 15 is 0 Å². The Hall–Kier alpha value is -2.30. The van der Waals surface area contributed by atoms with Gasteiger partial charge in [0.15, 0.2) is 0 Å². The molecule has 1 saturated heterocycles. The molecule has 2 heterocycles. The number of carbonyl (C=O) groups is 2. The normalized spacial score (nSPS) is 15.8. The predicted molar refractivity (Wildman–Crippen MR) is 90.0 cm³/mol. The number of nitrogens with zero attached hydrogens (tertiary/aromatic N) is 1. The zero-order valence-corrected chi connectivity index (χ0v) is 13.5. The summed E-state index contributed by atoms with van der Waals surface area (Å²) in [5, 5.41) is 3.80. The Bertz CT molecular complexity index is 699. The van der Waals surface area contributed by atoms with Crippen LogP contribution >= 0.6 is 0 Å². The largest absolute Gasteiger partial charge is 0.361 e. The van der Waals surface area contributed by atoms with Crippen LogP contribution in [-0.2, 0) is 16.0 Å². The summed E-state index contributed by atoms with van der Waals surface area (Å²) in [6, 6.07) is 7.89. The van der Waals surface area contributed by atoms with Crippen molar-refractivity contribution in [2.24, 2.45) is 5.92 Å². The minimum atomic E-state index is -0.117. The zero-order chi connectivity index (χ0) is 16.2. The van der Waals surface area contributed by atoms with E-state index in [0.29, 0.717) is 5.92 Å². The van der Waals surface area contributed by atoms with E-state index in [4.69, 9.17) is 0 Å². The lowest BCUT2D eigenvalue weighted by Crippen LogP contribution is -2.44. The number of piperidine rings is 1. The lowest BCUT2D eigenvalue weighted by Gasteiger charge is -2.30. The Kier molecular flexibility index (Phi) is 4.65. The second-order valence-electron chi connectivity index (χ2n) is 6.38. The smallest absolute Gasteiger partial charge is 0.241 e. The fourth-order valence-corrected chi connectivity index (χ4v) is 3.06. The van der Waals surface area contributed by atoms with Crippen molar-refractivity contribution in [3.63, 3.8) is 0 Å². The molecule has 1 fully saturated rings. The highest BCUT2D eigenvalue weighted by Gasteiger charge is 2.20. The van der Waals surface area contributed by atoms with Crippen molar-refractivity contribution in [2.45, 2.75) is 26.2 Å². The maximum atomic E-state index is 12.1. The van der Waals surface area contributed by atoms with Gasteiger partial charge in [-0.15, -0.1) is 0 Å². The molecule has 0 spiro atoms. The van der Waals surface area contributed by atoms with Crippen LogP contribution in [0.1, 0.15) is 25.3 Å². The number of carbonyl (C=O) groups excluding carboxylic acids is 2. The first-order chi connectivity index (χ1) is 11.1. The van der Waals surface area contributed by atoms with E-state index in [1.807, 2.05) is 35.4 Å². The highest BCUT2D eigenvalue weighted by molar-refractivity contribution is 5.90. The van der Waals surface area contributed by atoms with Crippen molar-refractivity contribution in [1.82, 2.24) is 15.2 Å². The number of para-hydroxylation sites is 1. The minimum Gasteiger partial charge on any atom is -0.361 e. The first-order valence-electron chi connectivity index (χ1n) is 8.23. The van der Waals surface area contributed by atoms with Crippen LogP contribution in [0.4, 0.5) is 0 Å². The molecule has 2 N–H and O–H groups in total. The van der Waals surface area contributed by atoms with Crippen molar-refractivity contribution in [3.8, 4) is 0 Å². The molecule has 1 aromatic carbocycles. The number of aromatic amines is 1. The van der Waals surface area contributed by atoms with Crippen molar-refractivity contribution in [1.29, 1.82) is 0 Å². The topological polar surface area (TPSA) is 65.2 Å². The van der Waals surface area contributed by atoms with Crippen LogP contribution < -0.4 is 5.32 Å². The summed E-state index contributed by atoms with van der Waals surface area (Å²) in [5.41, 5.74) is 1.98. The van der Waals surface area contributed by atoms with Gasteiger partial charge in [0.25, 0.3) is 0 Å². The Morgan fingerprint density at radius 3 is 2.78 bits per heavy atom. The van der Waals surface area contributed by atoms with E-state index in [2.05, 4.69) is 17.2 Å². The van der Waals surface area contributed by atoms with Gasteiger partial charge < -0.3 is 15.2 Å². The van der Waals surface area contributed by atoms with Crippen LogP contribution in [0.15, 0.2) is 30.5 Å². The van der Waals surface area contributed by atoms with Gasteiger partial charge in [-0.25, -0.2) is 0 Å². The maximum Gasteiger partial charge on any atom is 0.241 e. The summed E-state index contributed by atoms with van der Waals surface area (Å²) < 4.78 is 0. The van der Waals surface area contributed by atoms with Gasteiger partial charge in [0.2, 0.25) is 11.8 Å². The number of hydrogen-bond donors (Lipinski definition) is 2. The lowest BCUT2D eigenvalue weighted by atomic mass is 9.99. The van der Waals surface area contributed by atoms with Gasteiger partial charge in [0.05, 0.1) is 13.0 Å². The number of amides is 2. The third-order valence-corrected chi connectivity index (χ3v) is 4.60. The van der Waals surface area contributed by atoms with Crippen molar-refractivity contribution >= 4 is 22.7 Å². The second-order valence-corrected chi connectivity index (χ2v) is 6.38. The van der Waals surface area contributed by atoms with Gasteiger partial charge >= 0.3 is 0 Å². The van der Waals surface area contributed by atoms with Gasteiger partial charge in [-0.2, -0.15) is 0 Å². The summed E-state index contributed by atoms with van der Waals surface area (Å²) in [7, 11) is 0. The summed E-state index contributed by atoms with van der Waals surface area (Å²) >= 11 is 0. The zero-order valence-electron chi connectivity index (χ0n) is 13.5. The highest BCUT2D eigenvalue weighted by atomic mass is 16.2. The van der Waals surface area contributed by atoms with Gasteiger partial charge in [-0.1, -0.05) is 25.1 Å². The summed E-state index contributed by atoms with van der Waals surface area (Å²) in [6.45, 7) is 3.91. The third kappa shape index (κ3) is 3.73. The molecule has 3 rings (SSSR count). The molecule has 2 aromatic rings. The number of H-pyrrole nitrogens is 1. The molecule has 1 aliphatic rings. The molecule has 0 bridgehead atoms. The van der Waals surface area contributed by atoms with E-state index < -0.39 is 0 Å². The number of benzene rings is 1.